The Morgan fingerprint density at radius 1 is 1.04 bits per heavy atom. The van der Waals surface area contributed by atoms with E-state index in [-0.39, 0.29) is 24.0 Å². The van der Waals surface area contributed by atoms with Crippen molar-refractivity contribution >= 4 is 11.9 Å². The standard InChI is InChI=1S/C20H23F2N3O3/c1-3-10-23-19(26)13(2)25-20(27)24-12-14-8-9-18(16(22)11-14)28-17-7-5-4-6-15(17)21/h4-9,11,13H,3,10,12H2,1-2H3,(H,23,26)(H2,24,25,27). The van der Waals surface area contributed by atoms with Crippen LogP contribution in [0.5, 0.6) is 11.5 Å². The van der Waals surface area contributed by atoms with Crippen molar-refractivity contribution in [3.8, 4) is 11.5 Å². The van der Waals surface area contributed by atoms with Crippen molar-refractivity contribution < 1.29 is 23.1 Å². The van der Waals surface area contributed by atoms with Crippen LogP contribution in [0.2, 0.25) is 0 Å². The van der Waals surface area contributed by atoms with Crippen molar-refractivity contribution in [2.45, 2.75) is 32.9 Å². The van der Waals surface area contributed by atoms with Crippen LogP contribution in [0, 0.1) is 11.6 Å². The fourth-order valence-corrected chi connectivity index (χ4v) is 2.28. The number of carbonyl (C=O) groups excluding carboxylic acids is 2. The summed E-state index contributed by atoms with van der Waals surface area (Å²) in [6.45, 7) is 4.08. The van der Waals surface area contributed by atoms with E-state index >= 15 is 0 Å². The van der Waals surface area contributed by atoms with Gasteiger partial charge in [0, 0.05) is 13.1 Å². The first-order chi connectivity index (χ1) is 13.4. The molecule has 8 heteroatoms. The highest BCUT2D eigenvalue weighted by Gasteiger charge is 2.15. The number of nitrogens with one attached hydrogen (secondary N) is 3. The number of halogens is 2. The van der Waals surface area contributed by atoms with Crippen molar-refractivity contribution in [1.82, 2.24) is 16.0 Å². The van der Waals surface area contributed by atoms with E-state index in [1.165, 1.54) is 30.3 Å². The van der Waals surface area contributed by atoms with E-state index in [9.17, 15) is 18.4 Å². The molecule has 0 radical (unpaired) electrons. The second-order valence-electron chi connectivity index (χ2n) is 6.14. The Kier molecular flexibility index (Phi) is 7.74. The maximum absolute atomic E-state index is 14.2. The fourth-order valence-electron chi connectivity index (χ4n) is 2.28. The first-order valence-electron chi connectivity index (χ1n) is 8.93. The van der Waals surface area contributed by atoms with Gasteiger partial charge in [-0.15, -0.1) is 0 Å². The van der Waals surface area contributed by atoms with E-state index in [1.807, 2.05) is 6.92 Å². The molecule has 0 aliphatic heterocycles. The number of benzene rings is 2. The molecule has 6 nitrogen and oxygen atoms in total. The summed E-state index contributed by atoms with van der Waals surface area (Å²) >= 11 is 0. The maximum Gasteiger partial charge on any atom is 0.315 e. The lowest BCUT2D eigenvalue weighted by molar-refractivity contribution is -0.122. The molecule has 2 aromatic rings. The minimum absolute atomic E-state index is 0.0476. The zero-order valence-corrected chi connectivity index (χ0v) is 15.7. The Morgan fingerprint density at radius 2 is 1.75 bits per heavy atom. The van der Waals surface area contributed by atoms with Gasteiger partial charge in [0.1, 0.15) is 6.04 Å². The zero-order valence-electron chi connectivity index (χ0n) is 15.7. The molecule has 150 valence electrons. The maximum atomic E-state index is 14.2. The molecule has 1 atom stereocenters. The number of rotatable bonds is 8. The van der Waals surface area contributed by atoms with Crippen molar-refractivity contribution in [2.75, 3.05) is 6.54 Å². The van der Waals surface area contributed by atoms with Crippen molar-refractivity contribution in [1.29, 1.82) is 0 Å². The minimum atomic E-state index is -0.695. The van der Waals surface area contributed by atoms with Crippen LogP contribution < -0.4 is 20.7 Å². The van der Waals surface area contributed by atoms with E-state index in [1.54, 1.807) is 19.1 Å². The monoisotopic (exact) mass is 391 g/mol. The number of para-hydroxylation sites is 1. The van der Waals surface area contributed by atoms with Crippen LogP contribution in [-0.2, 0) is 11.3 Å². The number of hydrogen-bond acceptors (Lipinski definition) is 3. The summed E-state index contributed by atoms with van der Waals surface area (Å²) < 4.78 is 33.0. The summed E-state index contributed by atoms with van der Waals surface area (Å²) in [7, 11) is 0. The van der Waals surface area contributed by atoms with Crippen molar-refractivity contribution in [2.24, 2.45) is 0 Å². The summed E-state index contributed by atoms with van der Waals surface area (Å²) in [6, 6.07) is 8.55. The first kappa shape index (κ1) is 21.1. The van der Waals surface area contributed by atoms with Gasteiger partial charge in [0.15, 0.2) is 23.1 Å². The third-order valence-corrected chi connectivity index (χ3v) is 3.80. The SMILES string of the molecule is CCCNC(=O)C(C)NC(=O)NCc1ccc(Oc2ccccc2F)c(F)c1. The summed E-state index contributed by atoms with van der Waals surface area (Å²) in [6.07, 6.45) is 0.798. The lowest BCUT2D eigenvalue weighted by Gasteiger charge is -2.15. The molecule has 1 unspecified atom stereocenters. The molecule has 0 saturated heterocycles. The van der Waals surface area contributed by atoms with E-state index in [2.05, 4.69) is 16.0 Å². The predicted molar refractivity (Wildman–Crippen MR) is 101 cm³/mol. The highest BCUT2D eigenvalue weighted by molar-refractivity contribution is 5.86. The smallest absolute Gasteiger partial charge is 0.315 e. The molecular weight excluding hydrogens is 368 g/mol. The fraction of sp³-hybridized carbons (Fsp3) is 0.300. The van der Waals surface area contributed by atoms with Gasteiger partial charge in [0.2, 0.25) is 5.91 Å². The molecule has 3 N–H and O–H groups in total. The summed E-state index contributed by atoms with van der Waals surface area (Å²) in [4.78, 5) is 23.6. The lowest BCUT2D eigenvalue weighted by atomic mass is 10.2. The molecule has 0 aliphatic rings. The minimum Gasteiger partial charge on any atom is -0.451 e. The van der Waals surface area contributed by atoms with E-state index in [4.69, 9.17) is 4.74 Å². The van der Waals surface area contributed by atoms with Crippen LogP contribution in [0.25, 0.3) is 0 Å². The molecular formula is C20H23F2N3O3. The van der Waals surface area contributed by atoms with Gasteiger partial charge < -0.3 is 20.7 Å². The van der Waals surface area contributed by atoms with Gasteiger partial charge >= 0.3 is 6.03 Å². The molecule has 0 bridgehead atoms. The topological polar surface area (TPSA) is 79.5 Å². The van der Waals surface area contributed by atoms with E-state index in [0.717, 1.165) is 6.42 Å². The number of ether oxygens (including phenoxy) is 1. The lowest BCUT2D eigenvalue weighted by Crippen LogP contribution is -2.48. The molecule has 0 heterocycles. The van der Waals surface area contributed by atoms with Crippen LogP contribution in [0.15, 0.2) is 42.5 Å². The van der Waals surface area contributed by atoms with Gasteiger partial charge in [-0.3, -0.25) is 4.79 Å². The van der Waals surface area contributed by atoms with E-state index in [0.29, 0.717) is 12.1 Å². The Bertz CT molecular complexity index is 830. The molecule has 2 rings (SSSR count). The van der Waals surface area contributed by atoms with Crippen LogP contribution in [0.3, 0.4) is 0 Å². The van der Waals surface area contributed by atoms with Crippen LogP contribution >= 0.6 is 0 Å². The molecule has 28 heavy (non-hydrogen) atoms. The molecule has 0 aromatic heterocycles. The second kappa shape index (κ2) is 10.2. The predicted octanol–water partition coefficient (Wildman–Crippen LogP) is 3.47. The quantitative estimate of drug-likeness (QED) is 0.645. The molecule has 0 fully saturated rings. The van der Waals surface area contributed by atoms with Crippen molar-refractivity contribution in [3.05, 3.63) is 59.7 Å². The van der Waals surface area contributed by atoms with Gasteiger partial charge in [-0.25, -0.2) is 13.6 Å². The molecule has 0 aliphatic carbocycles. The average Bonchev–Trinajstić information content (AvgIpc) is 2.67. The zero-order chi connectivity index (χ0) is 20.5. The van der Waals surface area contributed by atoms with Gasteiger partial charge in [-0.2, -0.15) is 0 Å². The van der Waals surface area contributed by atoms with Crippen molar-refractivity contribution in [3.63, 3.8) is 0 Å². The molecule has 3 amide bonds. The highest BCUT2D eigenvalue weighted by Crippen LogP contribution is 2.27. The number of urea groups is 1. The van der Waals surface area contributed by atoms with Gasteiger partial charge in [0.05, 0.1) is 0 Å². The summed E-state index contributed by atoms with van der Waals surface area (Å²) in [5.41, 5.74) is 0.483. The second-order valence-corrected chi connectivity index (χ2v) is 6.14. The number of hydrogen-bond donors (Lipinski definition) is 3. The third kappa shape index (κ3) is 6.22. The summed E-state index contributed by atoms with van der Waals surface area (Å²) in [5, 5.41) is 7.73. The number of amides is 3. The Labute approximate surface area is 162 Å². The first-order valence-corrected chi connectivity index (χ1v) is 8.93. The van der Waals surface area contributed by atoms with Crippen LogP contribution in [0.1, 0.15) is 25.8 Å². The molecule has 0 saturated carbocycles. The van der Waals surface area contributed by atoms with Gasteiger partial charge in [0.25, 0.3) is 0 Å². The number of carbonyl (C=O) groups is 2. The Hall–Kier alpha value is -3.16. The molecule has 0 spiro atoms. The van der Waals surface area contributed by atoms with Gasteiger partial charge in [-0.05, 0) is 43.2 Å². The average molecular weight is 391 g/mol. The van der Waals surface area contributed by atoms with Gasteiger partial charge in [-0.1, -0.05) is 25.1 Å². The van der Waals surface area contributed by atoms with Crippen LogP contribution in [-0.4, -0.2) is 24.5 Å². The largest absolute Gasteiger partial charge is 0.451 e. The van der Waals surface area contributed by atoms with Crippen LogP contribution in [0.4, 0.5) is 13.6 Å². The Morgan fingerprint density at radius 3 is 2.43 bits per heavy atom. The molecule has 2 aromatic carbocycles. The normalized spacial score (nSPS) is 11.4. The summed E-state index contributed by atoms with van der Waals surface area (Å²) in [5.74, 6) is -1.77. The third-order valence-electron chi connectivity index (χ3n) is 3.80. The van der Waals surface area contributed by atoms with E-state index < -0.39 is 23.7 Å². The Balaban J connectivity index is 1.88. The highest BCUT2D eigenvalue weighted by atomic mass is 19.1.